The zero-order chi connectivity index (χ0) is 24.3. The molecule has 1 heterocycles. The van der Waals surface area contributed by atoms with Crippen molar-refractivity contribution >= 4 is 17.6 Å². The fourth-order valence-electron chi connectivity index (χ4n) is 3.95. The monoisotopic (exact) mass is 462 g/mol. The van der Waals surface area contributed by atoms with Crippen LogP contribution in [0.1, 0.15) is 42.9 Å². The van der Waals surface area contributed by atoms with Crippen LogP contribution in [0.5, 0.6) is 0 Å². The van der Waals surface area contributed by atoms with Gasteiger partial charge < -0.3 is 9.64 Å². The van der Waals surface area contributed by atoms with E-state index in [-0.39, 0.29) is 42.1 Å². The first-order valence-electron chi connectivity index (χ1n) is 10.1. The number of ether oxygens (including phenoxy) is 1. The van der Waals surface area contributed by atoms with Gasteiger partial charge >= 0.3 is 12.1 Å². The predicted molar refractivity (Wildman–Crippen MR) is 112 cm³/mol. The van der Waals surface area contributed by atoms with Gasteiger partial charge in [0, 0.05) is 30.2 Å². The van der Waals surface area contributed by atoms with Gasteiger partial charge in [-0.05, 0) is 31.0 Å². The van der Waals surface area contributed by atoms with Crippen LogP contribution in [0.15, 0.2) is 59.8 Å². The van der Waals surface area contributed by atoms with E-state index < -0.39 is 34.5 Å². The molecule has 1 atom stereocenters. The number of allylic oxidation sites excluding steroid dienone is 1. The van der Waals surface area contributed by atoms with Gasteiger partial charge in [0.15, 0.2) is 0 Å². The number of hydrogen-bond acceptors (Lipinski definition) is 5. The van der Waals surface area contributed by atoms with Gasteiger partial charge in [-0.3, -0.25) is 14.9 Å². The van der Waals surface area contributed by atoms with Crippen LogP contribution in [0, 0.1) is 10.1 Å². The number of nitrogens with zero attached hydrogens (tertiary/aromatic N) is 2. The number of carbonyl (C=O) groups excluding carboxylic acids is 2. The van der Waals surface area contributed by atoms with Gasteiger partial charge in [0.25, 0.3) is 5.69 Å². The second kappa shape index (κ2) is 9.43. The van der Waals surface area contributed by atoms with E-state index in [0.717, 1.165) is 6.07 Å². The van der Waals surface area contributed by atoms with Crippen LogP contribution < -0.4 is 0 Å². The standard InChI is InChI=1S/C23H21F3N2O5/c1-3-33-22(30)21-14(2)27(13-15-7-6-8-16(11-15)28(31)32)20(29)12-18(21)17-9-4-5-10-19(17)23(24,25)26/h4-11,18H,3,12-13H2,1-2H3/t18-/m0/s1. The van der Waals surface area contributed by atoms with Crippen LogP contribution in [0.25, 0.3) is 0 Å². The molecule has 2 aromatic rings. The van der Waals surface area contributed by atoms with Crippen molar-refractivity contribution in [2.45, 2.75) is 38.9 Å². The average molecular weight is 462 g/mol. The average Bonchev–Trinajstić information content (AvgIpc) is 2.76. The minimum Gasteiger partial charge on any atom is -0.463 e. The topological polar surface area (TPSA) is 89.8 Å². The molecule has 0 fully saturated rings. The highest BCUT2D eigenvalue weighted by atomic mass is 19.4. The van der Waals surface area contributed by atoms with Gasteiger partial charge in [-0.25, -0.2) is 4.79 Å². The van der Waals surface area contributed by atoms with Crippen LogP contribution in [0.2, 0.25) is 0 Å². The fraction of sp³-hybridized carbons (Fsp3) is 0.304. The molecule has 0 saturated carbocycles. The molecule has 33 heavy (non-hydrogen) atoms. The Balaban J connectivity index is 2.10. The molecule has 0 aliphatic carbocycles. The summed E-state index contributed by atoms with van der Waals surface area (Å²) in [5.74, 6) is -2.46. The van der Waals surface area contributed by atoms with Crippen LogP contribution in [0.4, 0.5) is 18.9 Å². The molecule has 1 aliphatic rings. The van der Waals surface area contributed by atoms with E-state index in [4.69, 9.17) is 4.74 Å². The summed E-state index contributed by atoms with van der Waals surface area (Å²) in [6, 6.07) is 10.5. The Kier molecular flexibility index (Phi) is 6.85. The number of benzene rings is 2. The van der Waals surface area contributed by atoms with Crippen molar-refractivity contribution in [2.24, 2.45) is 0 Å². The summed E-state index contributed by atoms with van der Waals surface area (Å²) in [5, 5.41) is 11.1. The molecule has 1 amide bonds. The molecule has 10 heteroatoms. The molecular formula is C23H21F3N2O5. The second-order valence-electron chi connectivity index (χ2n) is 7.47. The van der Waals surface area contributed by atoms with Crippen molar-refractivity contribution in [2.75, 3.05) is 6.61 Å². The number of rotatable bonds is 6. The number of non-ortho nitro benzene ring substituents is 1. The number of nitro groups is 1. The predicted octanol–water partition coefficient (Wildman–Crippen LogP) is 4.97. The highest BCUT2D eigenvalue weighted by Crippen LogP contribution is 2.43. The van der Waals surface area contributed by atoms with Crippen molar-refractivity contribution in [1.82, 2.24) is 4.90 Å². The Bertz CT molecular complexity index is 1130. The van der Waals surface area contributed by atoms with Gasteiger partial charge in [-0.15, -0.1) is 0 Å². The number of carbonyl (C=O) groups is 2. The summed E-state index contributed by atoms with van der Waals surface area (Å²) >= 11 is 0. The zero-order valence-electron chi connectivity index (χ0n) is 17.9. The smallest absolute Gasteiger partial charge is 0.416 e. The number of nitro benzene ring substituents is 1. The van der Waals surface area contributed by atoms with Crippen LogP contribution >= 0.6 is 0 Å². The van der Waals surface area contributed by atoms with Crippen LogP contribution in [0.3, 0.4) is 0 Å². The SMILES string of the molecule is CCOC(=O)C1=C(C)N(Cc2cccc([N+](=O)[O-])c2)C(=O)C[C@H]1c1ccccc1C(F)(F)F. The summed E-state index contributed by atoms with van der Waals surface area (Å²) in [6.45, 7) is 2.95. The third kappa shape index (κ3) is 5.05. The number of alkyl halides is 3. The van der Waals surface area contributed by atoms with Gasteiger partial charge in [-0.1, -0.05) is 30.3 Å². The van der Waals surface area contributed by atoms with E-state index in [2.05, 4.69) is 0 Å². The number of esters is 1. The van der Waals surface area contributed by atoms with Crippen molar-refractivity contribution in [3.05, 3.63) is 86.6 Å². The first-order valence-corrected chi connectivity index (χ1v) is 10.1. The van der Waals surface area contributed by atoms with Gasteiger partial charge in [0.05, 0.1) is 29.2 Å². The first kappa shape index (κ1) is 24.0. The van der Waals surface area contributed by atoms with Crippen molar-refractivity contribution in [3.8, 4) is 0 Å². The van der Waals surface area contributed by atoms with Gasteiger partial charge in [0.2, 0.25) is 5.91 Å². The van der Waals surface area contributed by atoms with Crippen molar-refractivity contribution in [1.29, 1.82) is 0 Å². The van der Waals surface area contributed by atoms with E-state index in [1.165, 1.54) is 48.2 Å². The Labute approximate surface area is 187 Å². The summed E-state index contributed by atoms with van der Waals surface area (Å²) in [5.41, 5.74) is -0.729. The lowest BCUT2D eigenvalue weighted by Crippen LogP contribution is -2.38. The summed E-state index contributed by atoms with van der Waals surface area (Å²) in [6.07, 6.45) is -5.05. The summed E-state index contributed by atoms with van der Waals surface area (Å²) in [7, 11) is 0. The van der Waals surface area contributed by atoms with E-state index in [1.807, 2.05) is 0 Å². The molecule has 0 N–H and O–H groups in total. The molecule has 1 aliphatic heterocycles. The van der Waals surface area contributed by atoms with Gasteiger partial charge in [0.1, 0.15) is 0 Å². The van der Waals surface area contributed by atoms with Gasteiger partial charge in [-0.2, -0.15) is 13.2 Å². The van der Waals surface area contributed by atoms with E-state index in [0.29, 0.717) is 5.56 Å². The lowest BCUT2D eigenvalue weighted by Gasteiger charge is -2.35. The first-order chi connectivity index (χ1) is 15.5. The molecule has 7 nitrogen and oxygen atoms in total. The Morgan fingerprint density at radius 3 is 2.55 bits per heavy atom. The third-order valence-corrected chi connectivity index (χ3v) is 5.42. The number of halogens is 3. The van der Waals surface area contributed by atoms with Crippen molar-refractivity contribution in [3.63, 3.8) is 0 Å². The van der Waals surface area contributed by atoms with Crippen LogP contribution in [-0.2, 0) is 27.0 Å². The molecule has 0 aromatic heterocycles. The molecule has 0 saturated heterocycles. The largest absolute Gasteiger partial charge is 0.463 e. The van der Waals surface area contributed by atoms with E-state index >= 15 is 0 Å². The molecule has 0 unspecified atom stereocenters. The summed E-state index contributed by atoms with van der Waals surface area (Å²) < 4.78 is 46.1. The molecular weight excluding hydrogens is 441 g/mol. The Hall–Kier alpha value is -3.69. The van der Waals surface area contributed by atoms with E-state index in [9.17, 15) is 32.9 Å². The molecule has 0 bridgehead atoms. The molecule has 174 valence electrons. The maximum Gasteiger partial charge on any atom is 0.416 e. The molecule has 3 rings (SSSR count). The molecule has 2 aromatic carbocycles. The van der Waals surface area contributed by atoms with Crippen LogP contribution in [-0.4, -0.2) is 28.3 Å². The minimum absolute atomic E-state index is 0.00206. The highest BCUT2D eigenvalue weighted by Gasteiger charge is 2.42. The third-order valence-electron chi connectivity index (χ3n) is 5.42. The molecule has 0 radical (unpaired) electrons. The normalized spacial score (nSPS) is 16.7. The Morgan fingerprint density at radius 2 is 1.91 bits per heavy atom. The fourth-order valence-corrected chi connectivity index (χ4v) is 3.95. The van der Waals surface area contributed by atoms with Crippen molar-refractivity contribution < 1.29 is 32.4 Å². The quantitative estimate of drug-likeness (QED) is 0.344. The molecule has 0 spiro atoms. The number of amides is 1. The maximum absolute atomic E-state index is 13.7. The lowest BCUT2D eigenvalue weighted by atomic mass is 9.81. The lowest BCUT2D eigenvalue weighted by molar-refractivity contribution is -0.384. The number of hydrogen-bond donors (Lipinski definition) is 0. The maximum atomic E-state index is 13.7. The highest BCUT2D eigenvalue weighted by molar-refractivity contribution is 5.96. The zero-order valence-corrected chi connectivity index (χ0v) is 17.9. The van der Waals surface area contributed by atoms with E-state index in [1.54, 1.807) is 13.0 Å². The summed E-state index contributed by atoms with van der Waals surface area (Å²) in [4.78, 5) is 37.6. The second-order valence-corrected chi connectivity index (χ2v) is 7.47. The minimum atomic E-state index is -4.67. The Morgan fingerprint density at radius 1 is 1.21 bits per heavy atom.